The van der Waals surface area contributed by atoms with Crippen LogP contribution >= 0.6 is 0 Å². The fourth-order valence-electron chi connectivity index (χ4n) is 3.29. The molecule has 1 saturated heterocycles. The van der Waals surface area contributed by atoms with E-state index in [2.05, 4.69) is 27.8 Å². The molecule has 0 unspecified atom stereocenters. The van der Waals surface area contributed by atoms with Crippen molar-refractivity contribution in [3.63, 3.8) is 0 Å². The van der Waals surface area contributed by atoms with Crippen molar-refractivity contribution in [2.45, 2.75) is 32.5 Å². The van der Waals surface area contributed by atoms with Crippen molar-refractivity contribution in [3.8, 4) is 5.75 Å². The van der Waals surface area contributed by atoms with Gasteiger partial charge in [0.2, 0.25) is 5.91 Å². The summed E-state index contributed by atoms with van der Waals surface area (Å²) in [4.78, 5) is 18.2. The highest BCUT2D eigenvalue weighted by Crippen LogP contribution is 2.17. The molecule has 3 rings (SSSR count). The summed E-state index contributed by atoms with van der Waals surface area (Å²) in [6, 6.07) is 16.2. The molecule has 0 spiro atoms. The van der Waals surface area contributed by atoms with Crippen molar-refractivity contribution in [3.05, 3.63) is 65.2 Å². The largest absolute Gasteiger partial charge is 0.497 e. The lowest BCUT2D eigenvalue weighted by atomic mass is 10.1. The molecule has 1 amide bonds. The minimum Gasteiger partial charge on any atom is -0.497 e. The van der Waals surface area contributed by atoms with Gasteiger partial charge < -0.3 is 20.3 Å². The number of amides is 1. The van der Waals surface area contributed by atoms with Crippen LogP contribution in [0.4, 0.5) is 0 Å². The maximum absolute atomic E-state index is 11.9. The topological polar surface area (TPSA) is 66.0 Å². The number of hydrogen-bond acceptors (Lipinski definition) is 3. The summed E-state index contributed by atoms with van der Waals surface area (Å²) in [5.41, 5.74) is 3.50. The van der Waals surface area contributed by atoms with Crippen LogP contribution in [0.5, 0.6) is 5.75 Å². The molecule has 1 aliphatic heterocycles. The Bertz CT molecular complexity index is 818. The van der Waals surface area contributed by atoms with E-state index in [1.807, 2.05) is 41.3 Å². The molecule has 148 valence electrons. The fraction of sp³-hybridized carbons (Fsp3) is 0.364. The number of hydrogen-bond donors (Lipinski definition) is 2. The van der Waals surface area contributed by atoms with Gasteiger partial charge in [0.05, 0.1) is 7.11 Å². The van der Waals surface area contributed by atoms with E-state index in [-0.39, 0.29) is 5.91 Å². The lowest BCUT2D eigenvalue weighted by molar-refractivity contribution is -0.128. The third kappa shape index (κ3) is 5.25. The molecule has 0 radical (unpaired) electrons. The van der Waals surface area contributed by atoms with Gasteiger partial charge in [-0.1, -0.05) is 36.4 Å². The molecular weight excluding hydrogens is 352 g/mol. The number of aliphatic imine (C=N–C) groups is 1. The molecule has 28 heavy (non-hydrogen) atoms. The van der Waals surface area contributed by atoms with Crippen molar-refractivity contribution < 1.29 is 9.53 Å². The molecule has 1 heterocycles. The summed E-state index contributed by atoms with van der Waals surface area (Å²) >= 11 is 0. The molecule has 1 fully saturated rings. The Morgan fingerprint density at radius 3 is 2.43 bits per heavy atom. The van der Waals surface area contributed by atoms with Crippen LogP contribution in [0.1, 0.15) is 29.5 Å². The average molecular weight is 380 g/mol. The van der Waals surface area contributed by atoms with E-state index in [0.29, 0.717) is 26.1 Å². The molecular formula is C22H28N4O2. The van der Waals surface area contributed by atoms with E-state index in [1.54, 1.807) is 14.2 Å². The summed E-state index contributed by atoms with van der Waals surface area (Å²) in [6.07, 6.45) is 1.63. The number of nitrogens with zero attached hydrogens (tertiary/aromatic N) is 2. The molecule has 6 heteroatoms. The van der Waals surface area contributed by atoms with Crippen LogP contribution < -0.4 is 15.4 Å². The zero-order valence-electron chi connectivity index (χ0n) is 16.6. The van der Waals surface area contributed by atoms with Gasteiger partial charge in [0.15, 0.2) is 5.96 Å². The lowest BCUT2D eigenvalue weighted by Gasteiger charge is -2.19. The molecule has 6 nitrogen and oxygen atoms in total. The Kier molecular flexibility index (Phi) is 6.89. The second kappa shape index (κ2) is 9.78. The average Bonchev–Trinajstić information content (AvgIpc) is 3.14. The summed E-state index contributed by atoms with van der Waals surface area (Å²) in [5.74, 6) is 1.84. The van der Waals surface area contributed by atoms with Crippen LogP contribution in [0.3, 0.4) is 0 Å². The molecule has 0 aliphatic carbocycles. The maximum Gasteiger partial charge on any atom is 0.222 e. The van der Waals surface area contributed by atoms with Crippen LogP contribution in [0.25, 0.3) is 0 Å². The highest BCUT2D eigenvalue weighted by Gasteiger charge is 2.20. The smallest absolute Gasteiger partial charge is 0.222 e. The molecule has 0 atom stereocenters. The van der Waals surface area contributed by atoms with E-state index in [0.717, 1.165) is 30.2 Å². The third-order valence-electron chi connectivity index (χ3n) is 4.94. The molecule has 0 aromatic heterocycles. The Labute approximate surface area is 166 Å². The van der Waals surface area contributed by atoms with Gasteiger partial charge in [0.1, 0.15) is 5.75 Å². The van der Waals surface area contributed by atoms with E-state index in [1.165, 1.54) is 11.1 Å². The van der Waals surface area contributed by atoms with E-state index < -0.39 is 0 Å². The van der Waals surface area contributed by atoms with Crippen molar-refractivity contribution in [2.24, 2.45) is 4.99 Å². The van der Waals surface area contributed by atoms with Gasteiger partial charge in [-0.25, -0.2) is 0 Å². The van der Waals surface area contributed by atoms with Crippen molar-refractivity contribution in [1.82, 2.24) is 15.5 Å². The Balaban J connectivity index is 1.55. The first-order valence-electron chi connectivity index (χ1n) is 9.61. The van der Waals surface area contributed by atoms with Crippen LogP contribution in [0.2, 0.25) is 0 Å². The molecule has 0 bridgehead atoms. The summed E-state index contributed by atoms with van der Waals surface area (Å²) in [7, 11) is 3.43. The van der Waals surface area contributed by atoms with Gasteiger partial charge >= 0.3 is 0 Å². The Morgan fingerprint density at radius 2 is 1.79 bits per heavy atom. The fourth-order valence-corrected chi connectivity index (χ4v) is 3.29. The first-order valence-corrected chi connectivity index (χ1v) is 9.61. The SMILES string of the molecule is CN=C(NCc1ccc(OC)cc1)NCc1ccccc1CN1CCCC1=O. The van der Waals surface area contributed by atoms with Crippen molar-refractivity contribution >= 4 is 11.9 Å². The van der Waals surface area contributed by atoms with Crippen LogP contribution in [-0.4, -0.2) is 37.5 Å². The van der Waals surface area contributed by atoms with E-state index in [4.69, 9.17) is 4.74 Å². The monoisotopic (exact) mass is 380 g/mol. The van der Waals surface area contributed by atoms with E-state index in [9.17, 15) is 4.79 Å². The highest BCUT2D eigenvalue weighted by molar-refractivity contribution is 5.79. The number of nitrogens with one attached hydrogen (secondary N) is 2. The second-order valence-corrected chi connectivity index (χ2v) is 6.81. The number of ether oxygens (including phenoxy) is 1. The Hall–Kier alpha value is -3.02. The van der Waals surface area contributed by atoms with E-state index >= 15 is 0 Å². The number of carbonyl (C=O) groups is 1. The minimum atomic E-state index is 0.250. The first-order chi connectivity index (χ1) is 13.7. The predicted molar refractivity (Wildman–Crippen MR) is 111 cm³/mol. The van der Waals surface area contributed by atoms with Crippen molar-refractivity contribution in [1.29, 1.82) is 0 Å². The van der Waals surface area contributed by atoms with Gasteiger partial charge in [-0.2, -0.15) is 0 Å². The van der Waals surface area contributed by atoms with Gasteiger partial charge in [-0.15, -0.1) is 0 Å². The highest BCUT2D eigenvalue weighted by atomic mass is 16.5. The molecule has 0 saturated carbocycles. The number of benzene rings is 2. The number of carbonyl (C=O) groups excluding carboxylic acids is 1. The van der Waals surface area contributed by atoms with Gasteiger partial charge in [-0.05, 0) is 35.2 Å². The second-order valence-electron chi connectivity index (χ2n) is 6.81. The standard InChI is InChI=1S/C22H28N4O2/c1-23-22(24-14-17-9-11-20(28-2)12-10-17)25-15-18-6-3-4-7-19(18)16-26-13-5-8-21(26)27/h3-4,6-7,9-12H,5,8,13-16H2,1-2H3,(H2,23,24,25). The van der Waals surface area contributed by atoms with Crippen molar-refractivity contribution in [2.75, 3.05) is 20.7 Å². The number of guanidine groups is 1. The molecule has 2 N–H and O–H groups in total. The number of methoxy groups -OCH3 is 1. The third-order valence-corrected chi connectivity index (χ3v) is 4.94. The number of likely N-dealkylation sites (tertiary alicyclic amines) is 1. The summed E-state index contributed by atoms with van der Waals surface area (Å²) < 4.78 is 5.19. The van der Waals surface area contributed by atoms with Gasteiger partial charge in [-0.3, -0.25) is 9.79 Å². The summed E-state index contributed by atoms with van der Waals surface area (Å²) in [5, 5.41) is 6.69. The molecule has 2 aromatic rings. The van der Waals surface area contributed by atoms with Crippen LogP contribution in [0, 0.1) is 0 Å². The lowest BCUT2D eigenvalue weighted by Crippen LogP contribution is -2.36. The van der Waals surface area contributed by atoms with Gasteiger partial charge in [0, 0.05) is 39.6 Å². The normalized spacial score (nSPS) is 14.3. The minimum absolute atomic E-state index is 0.250. The molecule has 1 aliphatic rings. The zero-order valence-corrected chi connectivity index (χ0v) is 16.6. The predicted octanol–water partition coefficient (Wildman–Crippen LogP) is 2.68. The quantitative estimate of drug-likeness (QED) is 0.573. The summed E-state index contributed by atoms with van der Waals surface area (Å²) in [6.45, 7) is 2.86. The maximum atomic E-state index is 11.9. The first kappa shape index (κ1) is 19.7. The van der Waals surface area contributed by atoms with Gasteiger partial charge in [0.25, 0.3) is 0 Å². The van der Waals surface area contributed by atoms with Crippen LogP contribution in [0.15, 0.2) is 53.5 Å². The Morgan fingerprint density at radius 1 is 1.07 bits per heavy atom. The molecule has 2 aromatic carbocycles. The number of rotatable bonds is 7. The zero-order chi connectivity index (χ0) is 19.8. The van der Waals surface area contributed by atoms with Crippen LogP contribution in [-0.2, 0) is 24.4 Å².